The standard InChI is InChI=1S/C20H19ClN2O2/c1-3-13-23-19(24)17(14-9-11-15(21)12-10-14)18(20(23)25)22(2)16-7-5-4-6-8-16/h4-12H,3,13H2,1-2H3. The normalized spacial score (nSPS) is 14.4. The number of para-hydroxylation sites is 1. The van der Waals surface area contributed by atoms with E-state index in [1.165, 1.54) is 4.90 Å². The number of benzene rings is 2. The van der Waals surface area contributed by atoms with Crippen LogP contribution < -0.4 is 4.90 Å². The van der Waals surface area contributed by atoms with Crippen molar-refractivity contribution in [3.8, 4) is 0 Å². The molecule has 2 aromatic rings. The number of nitrogens with zero attached hydrogens (tertiary/aromatic N) is 2. The summed E-state index contributed by atoms with van der Waals surface area (Å²) in [5.74, 6) is -0.518. The molecule has 0 aromatic heterocycles. The van der Waals surface area contributed by atoms with Crippen molar-refractivity contribution in [2.24, 2.45) is 0 Å². The van der Waals surface area contributed by atoms with Gasteiger partial charge in [-0.3, -0.25) is 14.5 Å². The van der Waals surface area contributed by atoms with E-state index in [1.807, 2.05) is 37.3 Å². The van der Waals surface area contributed by atoms with Crippen LogP contribution in [-0.2, 0) is 9.59 Å². The lowest BCUT2D eigenvalue weighted by Gasteiger charge is -2.21. The van der Waals surface area contributed by atoms with Crippen LogP contribution in [0.3, 0.4) is 0 Å². The van der Waals surface area contributed by atoms with Crippen molar-refractivity contribution in [2.75, 3.05) is 18.5 Å². The Balaban J connectivity index is 2.14. The average Bonchev–Trinajstić information content (AvgIpc) is 2.87. The molecule has 0 spiro atoms. The second kappa shape index (κ2) is 7.11. The average molecular weight is 355 g/mol. The highest BCUT2D eigenvalue weighted by molar-refractivity contribution is 6.37. The van der Waals surface area contributed by atoms with Crippen LogP contribution in [0.4, 0.5) is 5.69 Å². The summed E-state index contributed by atoms with van der Waals surface area (Å²) < 4.78 is 0. The summed E-state index contributed by atoms with van der Waals surface area (Å²) in [6, 6.07) is 16.5. The molecule has 5 heteroatoms. The largest absolute Gasteiger partial charge is 0.339 e. The fourth-order valence-electron chi connectivity index (χ4n) is 2.96. The Morgan fingerprint density at radius 3 is 2.20 bits per heavy atom. The number of imide groups is 1. The summed E-state index contributed by atoms with van der Waals surface area (Å²) >= 11 is 5.97. The third kappa shape index (κ3) is 3.17. The molecule has 1 heterocycles. The van der Waals surface area contributed by atoms with Gasteiger partial charge < -0.3 is 4.90 Å². The molecule has 0 atom stereocenters. The van der Waals surface area contributed by atoms with Crippen molar-refractivity contribution in [3.63, 3.8) is 0 Å². The van der Waals surface area contributed by atoms with E-state index in [4.69, 9.17) is 11.6 Å². The Labute approximate surface area is 152 Å². The highest BCUT2D eigenvalue weighted by Gasteiger charge is 2.40. The molecule has 2 amide bonds. The van der Waals surface area contributed by atoms with E-state index in [9.17, 15) is 9.59 Å². The highest BCUT2D eigenvalue weighted by atomic mass is 35.5. The summed E-state index contributed by atoms with van der Waals surface area (Å²) in [6.07, 6.45) is 0.716. The molecule has 0 saturated carbocycles. The quantitative estimate of drug-likeness (QED) is 0.763. The maximum Gasteiger partial charge on any atom is 0.278 e. The minimum absolute atomic E-state index is 0.257. The molecule has 2 aromatic carbocycles. The topological polar surface area (TPSA) is 40.6 Å². The number of hydrogen-bond donors (Lipinski definition) is 0. The van der Waals surface area contributed by atoms with Gasteiger partial charge in [0.2, 0.25) is 0 Å². The SMILES string of the molecule is CCCN1C(=O)C(c2ccc(Cl)cc2)=C(N(C)c2ccccc2)C1=O. The van der Waals surface area contributed by atoms with Crippen molar-refractivity contribution < 1.29 is 9.59 Å². The Kier molecular flexibility index (Phi) is 4.91. The summed E-state index contributed by atoms with van der Waals surface area (Å²) in [5, 5.41) is 0.588. The van der Waals surface area contributed by atoms with Gasteiger partial charge in [0, 0.05) is 24.3 Å². The molecule has 0 N–H and O–H groups in total. The second-order valence-electron chi connectivity index (χ2n) is 5.89. The molecular weight excluding hydrogens is 336 g/mol. The first-order valence-corrected chi connectivity index (χ1v) is 8.57. The number of anilines is 1. The van der Waals surface area contributed by atoms with Gasteiger partial charge in [-0.25, -0.2) is 0 Å². The number of carbonyl (C=O) groups excluding carboxylic acids is 2. The Bertz CT molecular complexity index is 829. The van der Waals surface area contributed by atoms with Crippen LogP contribution in [-0.4, -0.2) is 30.3 Å². The molecule has 0 aliphatic carbocycles. The molecule has 0 fully saturated rings. The molecule has 1 aliphatic rings. The predicted molar refractivity (Wildman–Crippen MR) is 100 cm³/mol. The third-order valence-electron chi connectivity index (χ3n) is 4.20. The van der Waals surface area contributed by atoms with Crippen molar-refractivity contribution in [2.45, 2.75) is 13.3 Å². The smallest absolute Gasteiger partial charge is 0.278 e. The number of amides is 2. The molecule has 3 rings (SSSR count). The fraction of sp³-hybridized carbons (Fsp3) is 0.200. The van der Waals surface area contributed by atoms with Crippen LogP contribution in [0.15, 0.2) is 60.3 Å². The van der Waals surface area contributed by atoms with E-state index >= 15 is 0 Å². The van der Waals surface area contributed by atoms with Crippen molar-refractivity contribution in [1.82, 2.24) is 4.90 Å². The van der Waals surface area contributed by atoms with Gasteiger partial charge in [0.05, 0.1) is 5.57 Å². The monoisotopic (exact) mass is 354 g/mol. The number of halogens is 1. The lowest BCUT2D eigenvalue weighted by molar-refractivity contribution is -0.136. The van der Waals surface area contributed by atoms with Crippen LogP contribution in [0.5, 0.6) is 0 Å². The Morgan fingerprint density at radius 2 is 1.60 bits per heavy atom. The lowest BCUT2D eigenvalue weighted by Crippen LogP contribution is -2.34. The van der Waals surface area contributed by atoms with E-state index in [1.54, 1.807) is 36.2 Å². The fourth-order valence-corrected chi connectivity index (χ4v) is 3.08. The van der Waals surface area contributed by atoms with Gasteiger partial charge in [0.25, 0.3) is 11.8 Å². The summed E-state index contributed by atoms with van der Waals surface area (Å²) in [7, 11) is 1.81. The molecule has 0 bridgehead atoms. The van der Waals surface area contributed by atoms with Crippen LogP contribution in [0.2, 0.25) is 5.02 Å². The first kappa shape index (κ1) is 17.2. The van der Waals surface area contributed by atoms with E-state index in [-0.39, 0.29) is 11.8 Å². The van der Waals surface area contributed by atoms with Gasteiger partial charge in [-0.1, -0.05) is 48.9 Å². The number of hydrogen-bond acceptors (Lipinski definition) is 3. The summed E-state index contributed by atoms with van der Waals surface area (Å²) in [4.78, 5) is 29.0. The summed E-state index contributed by atoms with van der Waals surface area (Å²) in [6.45, 7) is 2.35. The minimum Gasteiger partial charge on any atom is -0.339 e. The van der Waals surface area contributed by atoms with Gasteiger partial charge in [0.15, 0.2) is 0 Å². The van der Waals surface area contributed by atoms with E-state index in [0.717, 1.165) is 5.69 Å². The molecule has 1 aliphatic heterocycles. The van der Waals surface area contributed by atoms with Gasteiger partial charge in [-0.15, -0.1) is 0 Å². The van der Waals surface area contributed by atoms with Crippen molar-refractivity contribution in [1.29, 1.82) is 0 Å². The minimum atomic E-state index is -0.261. The highest BCUT2D eigenvalue weighted by Crippen LogP contribution is 2.33. The molecule has 0 radical (unpaired) electrons. The number of rotatable bonds is 5. The predicted octanol–water partition coefficient (Wildman–Crippen LogP) is 3.97. The van der Waals surface area contributed by atoms with E-state index in [2.05, 4.69) is 0 Å². The van der Waals surface area contributed by atoms with E-state index in [0.29, 0.717) is 34.8 Å². The molecule has 0 saturated heterocycles. The zero-order chi connectivity index (χ0) is 18.0. The molecule has 128 valence electrons. The van der Waals surface area contributed by atoms with E-state index < -0.39 is 0 Å². The van der Waals surface area contributed by atoms with Crippen LogP contribution in [0.1, 0.15) is 18.9 Å². The van der Waals surface area contributed by atoms with Crippen molar-refractivity contribution >= 4 is 34.7 Å². The zero-order valence-corrected chi connectivity index (χ0v) is 15.0. The molecule has 0 unspecified atom stereocenters. The third-order valence-corrected chi connectivity index (χ3v) is 4.45. The van der Waals surface area contributed by atoms with Crippen LogP contribution in [0, 0.1) is 0 Å². The summed E-state index contributed by atoms with van der Waals surface area (Å²) in [5.41, 5.74) is 2.36. The zero-order valence-electron chi connectivity index (χ0n) is 14.2. The van der Waals surface area contributed by atoms with Crippen LogP contribution >= 0.6 is 11.6 Å². The number of carbonyl (C=O) groups is 2. The Hall–Kier alpha value is -2.59. The molecule has 25 heavy (non-hydrogen) atoms. The first-order valence-electron chi connectivity index (χ1n) is 8.19. The van der Waals surface area contributed by atoms with Crippen molar-refractivity contribution in [3.05, 3.63) is 70.9 Å². The van der Waals surface area contributed by atoms with Gasteiger partial charge in [-0.2, -0.15) is 0 Å². The Morgan fingerprint density at radius 1 is 0.960 bits per heavy atom. The maximum atomic E-state index is 13.0. The van der Waals surface area contributed by atoms with Crippen LogP contribution in [0.25, 0.3) is 5.57 Å². The molecular formula is C20H19ClN2O2. The lowest BCUT2D eigenvalue weighted by atomic mass is 10.0. The van der Waals surface area contributed by atoms with Gasteiger partial charge in [-0.05, 0) is 36.2 Å². The first-order chi connectivity index (χ1) is 12.0. The number of likely N-dealkylation sites (N-methyl/N-ethyl adjacent to an activating group) is 1. The molecule has 4 nitrogen and oxygen atoms in total. The van der Waals surface area contributed by atoms with Gasteiger partial charge >= 0.3 is 0 Å². The maximum absolute atomic E-state index is 13.0. The second-order valence-corrected chi connectivity index (χ2v) is 6.32. The van der Waals surface area contributed by atoms with Gasteiger partial charge in [0.1, 0.15) is 5.70 Å².